The van der Waals surface area contributed by atoms with Crippen molar-refractivity contribution in [3.63, 3.8) is 0 Å². The fourth-order valence-electron chi connectivity index (χ4n) is 9.65. The fourth-order valence-corrected chi connectivity index (χ4v) is 10.6. The molecule has 88 heavy (non-hydrogen) atoms. The average Bonchev–Trinajstić information content (AvgIpc) is 1.94. The van der Waals surface area contributed by atoms with Gasteiger partial charge in [0.1, 0.15) is 140 Å². The Labute approximate surface area is 498 Å². The molecular weight excluding hydrogens is 1280 g/mol. The maximum Gasteiger partial charge on any atom is 0.397 e. The van der Waals surface area contributed by atoms with Gasteiger partial charge in [0.15, 0.2) is 31.5 Å². The van der Waals surface area contributed by atoms with E-state index in [1.165, 1.54) is 0 Å². The minimum atomic E-state index is -5.43. The Hall–Kier alpha value is -2.98. The largest absolute Gasteiger partial charge is 0.397 e. The summed E-state index contributed by atoms with van der Waals surface area (Å²) in [6.07, 6.45) is -56.5. The SMILES string of the molecule is CC(=O)N[C@H]1[C@H](OC[C@@H](O)[C@H](O)[C@H](O[C@@H]2O[C@H](COS(=O)(=O)O)[C@H](O)[C@H](O[C@@H]3O[C@H](CO)[C@@H](O[C@@H]4O[C@H](COS(=O)(=O)O)[C@H](O)[C@H](O)[C@H]4O)[C@H](O)[C@H]3NC(C)=O)[C@H]2O)[C@H](CO)NC(C)=O)O[C@H](CO)[C@@H](O[C@@H]2O[C@H](COS(=O)(=O)O)[C@H](O)[C@H](O)[C@H]2O)[C@@H]1O. The third kappa shape index (κ3) is 20.3. The summed E-state index contributed by atoms with van der Waals surface area (Å²) in [6, 6.07) is -5.72. The summed E-state index contributed by atoms with van der Waals surface area (Å²) in [5, 5.41) is 171. The monoisotopic (exact) mass is 1360 g/mol. The number of ether oxygens (including phenoxy) is 10. The van der Waals surface area contributed by atoms with Crippen LogP contribution in [-0.2, 0) is 105 Å². The van der Waals surface area contributed by atoms with E-state index in [1.807, 2.05) is 0 Å². The number of nitrogens with one attached hydrogen (secondary N) is 3. The van der Waals surface area contributed by atoms with Gasteiger partial charge in [-0.3, -0.25) is 28.0 Å². The molecule has 5 rings (SSSR count). The van der Waals surface area contributed by atoms with Crippen LogP contribution in [0.1, 0.15) is 20.8 Å². The van der Waals surface area contributed by atoms with Crippen LogP contribution in [0.4, 0.5) is 0 Å². The van der Waals surface area contributed by atoms with E-state index in [0.29, 0.717) is 0 Å². The molecule has 21 N–H and O–H groups in total. The third-order valence-corrected chi connectivity index (χ3v) is 15.2. The average molecular weight is 1360 g/mol. The summed E-state index contributed by atoms with van der Waals surface area (Å²) in [7, 11) is -15.8. The third-order valence-electron chi connectivity index (χ3n) is 13.9. The van der Waals surface area contributed by atoms with Crippen molar-refractivity contribution < 1.29 is 190 Å². The zero-order valence-corrected chi connectivity index (χ0v) is 48.4. The van der Waals surface area contributed by atoms with Gasteiger partial charge in [-0.25, -0.2) is 12.5 Å². The zero-order chi connectivity index (χ0) is 66.2. The number of hydrogen-bond donors (Lipinski definition) is 21. The van der Waals surface area contributed by atoms with Gasteiger partial charge in [-0.05, 0) is 0 Å². The van der Waals surface area contributed by atoms with Crippen molar-refractivity contribution in [2.24, 2.45) is 0 Å². The number of amides is 3. The molecular formula is C42H73N3O40S3. The Morgan fingerprint density at radius 2 is 0.830 bits per heavy atom. The van der Waals surface area contributed by atoms with E-state index >= 15 is 0 Å². The predicted octanol–water partition coefficient (Wildman–Crippen LogP) is -14.6. The van der Waals surface area contributed by atoms with Gasteiger partial charge in [0, 0.05) is 20.8 Å². The van der Waals surface area contributed by atoms with E-state index < -0.39 is 273 Å². The standard InChI is InChI=1S/C42H73N3O40S3/c1-11(49)43-14(4-46)34(23(53)15(52)7-73-38-21(44-12(2)50)27(57)35(16(5-47)77-38)83-40-31(61)29(59)24(54)18(79-40)8-74-86(64,65)66)82-42-33(63)37(26(56)20(81-42)10-76-88(70,71)72)85-39-22(45-13(3)51)28(58)36(17(6-48)78-39)84-41-32(62)30(60)25(55)19(80-41)9-75-87(67,68)69/h14-42,46-48,52-63H,4-10H2,1-3H3,(H,43,49)(H,44,50)(H,45,51)(H,64,65,66)(H,67,68,69)(H,70,71,72)/t14-,15+,16+,17+,18+,19+,20+,21+,22+,23-,24-,25-,26-,27+,28+,29-,30-,31+,32+,33+,34+,35+,36+,37-,38+,39-,40-,41-,42-/m0/s1. The molecule has 5 saturated heterocycles. The molecule has 514 valence electrons. The molecule has 0 aromatic heterocycles. The molecule has 0 aromatic carbocycles. The van der Waals surface area contributed by atoms with Gasteiger partial charge < -0.3 is 140 Å². The highest BCUT2D eigenvalue weighted by Gasteiger charge is 2.57. The van der Waals surface area contributed by atoms with Gasteiger partial charge in [-0.1, -0.05) is 0 Å². The Balaban J connectivity index is 1.41. The van der Waals surface area contributed by atoms with Crippen LogP contribution in [0.15, 0.2) is 0 Å². The fraction of sp³-hybridized carbons (Fsp3) is 0.929. The van der Waals surface area contributed by atoms with Crippen LogP contribution >= 0.6 is 0 Å². The minimum absolute atomic E-state index is 0.881. The van der Waals surface area contributed by atoms with E-state index in [1.54, 1.807) is 0 Å². The molecule has 46 heteroatoms. The zero-order valence-electron chi connectivity index (χ0n) is 45.9. The van der Waals surface area contributed by atoms with Gasteiger partial charge in [-0.2, -0.15) is 25.3 Å². The van der Waals surface area contributed by atoms with Crippen molar-refractivity contribution in [1.29, 1.82) is 0 Å². The summed E-state index contributed by atoms with van der Waals surface area (Å²) in [5.74, 6) is -2.89. The molecule has 3 amide bonds. The van der Waals surface area contributed by atoms with Crippen molar-refractivity contribution >= 4 is 48.9 Å². The second kappa shape index (κ2) is 32.2. The van der Waals surface area contributed by atoms with Crippen molar-refractivity contribution in [3.8, 4) is 0 Å². The molecule has 29 atom stereocenters. The van der Waals surface area contributed by atoms with Gasteiger partial charge >= 0.3 is 31.2 Å². The molecule has 5 fully saturated rings. The molecule has 0 aliphatic carbocycles. The molecule has 0 bridgehead atoms. The van der Waals surface area contributed by atoms with Crippen molar-refractivity contribution in [1.82, 2.24) is 16.0 Å². The number of carbonyl (C=O) groups excluding carboxylic acids is 3. The first kappa shape index (κ1) is 75.7. The Bertz CT molecular complexity index is 2600. The van der Waals surface area contributed by atoms with Gasteiger partial charge in [0.05, 0.1) is 52.3 Å². The van der Waals surface area contributed by atoms with Crippen molar-refractivity contribution in [3.05, 3.63) is 0 Å². The first-order chi connectivity index (χ1) is 40.8. The highest BCUT2D eigenvalue weighted by molar-refractivity contribution is 7.81. The van der Waals surface area contributed by atoms with Crippen molar-refractivity contribution in [2.75, 3.05) is 46.2 Å². The first-order valence-electron chi connectivity index (χ1n) is 26.0. The predicted molar refractivity (Wildman–Crippen MR) is 267 cm³/mol. The molecule has 5 aliphatic heterocycles. The quantitative estimate of drug-likeness (QED) is 0.0309. The Morgan fingerprint density at radius 1 is 0.455 bits per heavy atom. The topological polar surface area (TPSA) is 674 Å². The molecule has 43 nitrogen and oxygen atoms in total. The van der Waals surface area contributed by atoms with E-state index in [-0.39, 0.29) is 0 Å². The van der Waals surface area contributed by atoms with Gasteiger partial charge in [0.2, 0.25) is 17.7 Å². The van der Waals surface area contributed by atoms with Crippen LogP contribution in [-0.4, -0.2) is 357 Å². The van der Waals surface area contributed by atoms with E-state index in [0.717, 1.165) is 20.8 Å². The lowest BCUT2D eigenvalue weighted by Gasteiger charge is -2.49. The number of hydrogen-bond acceptors (Lipinski definition) is 37. The maximum absolute atomic E-state index is 12.6. The van der Waals surface area contributed by atoms with Gasteiger partial charge in [0.25, 0.3) is 0 Å². The first-order valence-corrected chi connectivity index (χ1v) is 30.1. The number of rotatable bonds is 29. The summed E-state index contributed by atoms with van der Waals surface area (Å²) < 4.78 is 165. The van der Waals surface area contributed by atoms with E-state index in [4.69, 9.17) is 56.5 Å². The molecule has 0 aromatic rings. The highest BCUT2D eigenvalue weighted by atomic mass is 32.3. The molecule has 5 aliphatic rings. The normalized spacial score (nSPS) is 40.0. The number of carbonyl (C=O) groups is 3. The van der Waals surface area contributed by atoms with Crippen LogP contribution in [0.2, 0.25) is 0 Å². The summed E-state index contributed by atoms with van der Waals surface area (Å²) in [4.78, 5) is 37.5. The van der Waals surface area contributed by atoms with Crippen LogP contribution in [0, 0.1) is 0 Å². The Morgan fingerprint density at radius 3 is 1.22 bits per heavy atom. The molecule has 5 heterocycles. The second-order valence-corrected chi connectivity index (χ2v) is 23.6. The lowest BCUT2D eigenvalue weighted by atomic mass is 9.94. The van der Waals surface area contributed by atoms with Crippen LogP contribution in [0.3, 0.4) is 0 Å². The van der Waals surface area contributed by atoms with E-state index in [2.05, 4.69) is 28.5 Å². The summed E-state index contributed by atoms with van der Waals surface area (Å²) >= 11 is 0. The molecule has 0 radical (unpaired) electrons. The molecule has 0 saturated carbocycles. The number of aliphatic hydroxyl groups excluding tert-OH is 15. The Kier molecular flexibility index (Phi) is 27.7. The maximum atomic E-state index is 12.6. The van der Waals surface area contributed by atoms with Crippen LogP contribution in [0.25, 0.3) is 0 Å². The second-order valence-electron chi connectivity index (χ2n) is 20.4. The van der Waals surface area contributed by atoms with Gasteiger partial charge in [-0.15, -0.1) is 0 Å². The molecule has 0 unspecified atom stereocenters. The van der Waals surface area contributed by atoms with Crippen molar-refractivity contribution in [2.45, 2.75) is 199 Å². The minimum Gasteiger partial charge on any atom is -0.394 e. The van der Waals surface area contributed by atoms with Crippen LogP contribution in [0.5, 0.6) is 0 Å². The highest BCUT2D eigenvalue weighted by Crippen LogP contribution is 2.35. The van der Waals surface area contributed by atoms with E-state index in [9.17, 15) is 121 Å². The smallest absolute Gasteiger partial charge is 0.394 e. The lowest BCUT2D eigenvalue weighted by molar-refractivity contribution is -0.371. The number of aliphatic hydroxyl groups is 15. The van der Waals surface area contributed by atoms with Crippen LogP contribution < -0.4 is 16.0 Å². The molecule has 0 spiro atoms. The lowest BCUT2D eigenvalue weighted by Crippen LogP contribution is -2.69. The summed E-state index contributed by atoms with van der Waals surface area (Å²) in [5.41, 5.74) is 0. The summed E-state index contributed by atoms with van der Waals surface area (Å²) in [6.45, 7) is -5.81.